The van der Waals surface area contributed by atoms with Crippen molar-refractivity contribution in [3.63, 3.8) is 0 Å². The quantitative estimate of drug-likeness (QED) is 0.186. The van der Waals surface area contributed by atoms with Crippen molar-refractivity contribution in [3.05, 3.63) is 139 Å². The van der Waals surface area contributed by atoms with Gasteiger partial charge in [-0.25, -0.2) is 9.97 Å². The highest BCUT2D eigenvalue weighted by atomic mass is 14.8. The average Bonchev–Trinajstić information content (AvgIpc) is 3.92. The van der Waals surface area contributed by atoms with Gasteiger partial charge >= 0.3 is 0 Å². The van der Waals surface area contributed by atoms with Gasteiger partial charge in [0, 0.05) is 27.7 Å². The van der Waals surface area contributed by atoms with Crippen LogP contribution in [0.3, 0.4) is 0 Å². The van der Waals surface area contributed by atoms with Crippen molar-refractivity contribution in [1.29, 1.82) is 0 Å². The monoisotopic (exact) mass is 987 g/mol. The van der Waals surface area contributed by atoms with Crippen molar-refractivity contribution < 1.29 is 0 Å². The summed E-state index contributed by atoms with van der Waals surface area (Å²) in [7, 11) is 0. The molecule has 6 aromatic rings. The SMILES string of the molecule is CC1=C(C)c2nc1c(-c1cc(C(C)(C)C)cc(C(C)(C)C)c1)c1nc(c(-c3cc(C(C)(C)C)cc(C(C)(C)C)c3)c3[nH]c(cc4[nH]c(c(C)c4C)c2-c2cc(C(C)(C)C)cc(C(C)(C)C)c2)c(C)c3C)C(C)=C1C. The predicted octanol–water partition coefficient (Wildman–Crippen LogP) is 20.2. The van der Waals surface area contributed by atoms with Gasteiger partial charge in [0.25, 0.3) is 0 Å². The summed E-state index contributed by atoms with van der Waals surface area (Å²) in [5.74, 6) is 0. The minimum atomic E-state index is -0.105. The lowest BCUT2D eigenvalue weighted by atomic mass is 9.78. The van der Waals surface area contributed by atoms with Crippen molar-refractivity contribution in [3.8, 4) is 33.4 Å². The molecule has 0 amide bonds. The molecule has 0 unspecified atom stereocenters. The summed E-state index contributed by atoms with van der Waals surface area (Å²) in [5.41, 5.74) is 32.2. The molecule has 2 N–H and O–H groups in total. The average molecular weight is 988 g/mol. The van der Waals surface area contributed by atoms with Crippen molar-refractivity contribution in [1.82, 2.24) is 19.9 Å². The van der Waals surface area contributed by atoms with E-state index >= 15 is 0 Å². The highest BCUT2D eigenvalue weighted by Crippen LogP contribution is 2.49. The van der Waals surface area contributed by atoms with E-state index in [-0.39, 0.29) is 32.5 Å². The van der Waals surface area contributed by atoms with Gasteiger partial charge in [-0.3, -0.25) is 0 Å². The summed E-state index contributed by atoms with van der Waals surface area (Å²) in [4.78, 5) is 20.4. The number of hydrogen-bond acceptors (Lipinski definition) is 2. The number of aromatic amines is 2. The summed E-state index contributed by atoms with van der Waals surface area (Å²) in [6, 6.07) is 24.3. The van der Waals surface area contributed by atoms with Crippen LogP contribution in [-0.2, 0) is 32.5 Å². The third-order valence-electron chi connectivity index (χ3n) is 16.8. The van der Waals surface area contributed by atoms with Crippen LogP contribution >= 0.6 is 0 Å². The van der Waals surface area contributed by atoms with E-state index < -0.39 is 0 Å². The first-order valence-corrected chi connectivity index (χ1v) is 27.4. The lowest BCUT2D eigenvalue weighted by Gasteiger charge is -2.26. The number of allylic oxidation sites excluding steroid dienone is 4. The van der Waals surface area contributed by atoms with Crippen LogP contribution in [0, 0.1) is 27.7 Å². The Balaban J connectivity index is 1.74. The van der Waals surface area contributed by atoms with Crippen LogP contribution in [0.1, 0.15) is 231 Å². The third-order valence-corrected chi connectivity index (χ3v) is 16.8. The van der Waals surface area contributed by atoms with Crippen LogP contribution in [0.4, 0.5) is 0 Å². The normalized spacial score (nSPS) is 14.2. The second kappa shape index (κ2) is 18.0. The Labute approximate surface area is 447 Å². The molecule has 8 bridgehead atoms. The Morgan fingerprint density at radius 3 is 0.716 bits per heavy atom. The topological polar surface area (TPSA) is 57.4 Å². The summed E-state index contributed by atoms with van der Waals surface area (Å²) < 4.78 is 0. The smallest absolute Gasteiger partial charge is 0.0770 e. The maximum Gasteiger partial charge on any atom is 0.0770 e. The fourth-order valence-corrected chi connectivity index (χ4v) is 10.7. The van der Waals surface area contributed by atoms with Crippen molar-refractivity contribution >= 4 is 44.4 Å². The minimum Gasteiger partial charge on any atom is -0.354 e. The zero-order valence-corrected chi connectivity index (χ0v) is 50.7. The van der Waals surface area contributed by atoms with Crippen molar-refractivity contribution in [2.75, 3.05) is 0 Å². The molecule has 0 atom stereocenters. The van der Waals surface area contributed by atoms with Crippen LogP contribution in [0.5, 0.6) is 0 Å². The summed E-state index contributed by atoms with van der Waals surface area (Å²) in [5, 5.41) is 0. The van der Waals surface area contributed by atoms with E-state index in [4.69, 9.17) is 9.97 Å². The Bertz CT molecular complexity index is 3250. The Morgan fingerprint density at radius 2 is 0.486 bits per heavy atom. The first kappa shape index (κ1) is 54.5. The number of rotatable bonds is 3. The van der Waals surface area contributed by atoms with E-state index in [1.807, 2.05) is 0 Å². The van der Waals surface area contributed by atoms with E-state index in [0.717, 1.165) is 67.1 Å². The molecule has 3 aromatic carbocycles. The molecule has 74 heavy (non-hydrogen) atoms. The first-order valence-electron chi connectivity index (χ1n) is 27.4. The molecule has 0 fully saturated rings. The minimum absolute atomic E-state index is 0.0800. The number of nitrogens with one attached hydrogen (secondary N) is 2. The second-order valence-electron chi connectivity index (χ2n) is 28.6. The number of hydrogen-bond donors (Lipinski definition) is 2. The number of fused-ring (bicyclic) bond motifs is 8. The predicted molar refractivity (Wildman–Crippen MR) is 325 cm³/mol. The molecule has 3 aromatic heterocycles. The number of nitrogens with zero attached hydrogens (tertiary/aromatic N) is 2. The van der Waals surface area contributed by atoms with E-state index in [1.165, 1.54) is 89.1 Å². The molecule has 0 saturated carbocycles. The standard InChI is InChI=1S/C70H90N4/c1-37-39(3)59-56(45-27-48(65(9,10)11)33-49(28-45)66(12,13)14)61-41(5)43(7)63(73-61)58(47-31-52(69(21,22)23)35-53(32-47)70(24,25)26)64-44(8)42(6)62(74-64)57(60-40(4)38(2)55(72-60)36-54(37)71-59)46-29-50(67(15,16)17)34-51(30-46)68(18,19)20/h27-36,71-72H,1-26H3. The first-order chi connectivity index (χ1) is 33.8. The van der Waals surface area contributed by atoms with Gasteiger partial charge < -0.3 is 9.97 Å². The van der Waals surface area contributed by atoms with Gasteiger partial charge in [-0.15, -0.1) is 0 Å². The molecule has 0 aliphatic carbocycles. The molecule has 390 valence electrons. The largest absolute Gasteiger partial charge is 0.354 e. The van der Waals surface area contributed by atoms with Gasteiger partial charge in [0.2, 0.25) is 0 Å². The van der Waals surface area contributed by atoms with E-state index in [1.54, 1.807) is 0 Å². The van der Waals surface area contributed by atoms with Crippen LogP contribution in [0.2, 0.25) is 0 Å². The number of aromatic nitrogens is 4. The Morgan fingerprint density at radius 1 is 0.270 bits per heavy atom. The fraction of sp³-hybridized carbons (Fsp3) is 0.457. The molecule has 4 nitrogen and oxygen atoms in total. The van der Waals surface area contributed by atoms with Crippen LogP contribution in [0.25, 0.3) is 77.7 Å². The van der Waals surface area contributed by atoms with Gasteiger partial charge in [0.1, 0.15) is 0 Å². The highest BCUT2D eigenvalue weighted by Gasteiger charge is 2.32. The van der Waals surface area contributed by atoms with Crippen molar-refractivity contribution in [2.24, 2.45) is 0 Å². The summed E-state index contributed by atoms with van der Waals surface area (Å²) in [6.45, 7) is 60.4. The Kier molecular flexibility index (Phi) is 13.2. The molecule has 2 aliphatic rings. The van der Waals surface area contributed by atoms with Crippen LogP contribution in [0.15, 0.2) is 60.7 Å². The van der Waals surface area contributed by atoms with Gasteiger partial charge in [0.15, 0.2) is 0 Å². The molecule has 0 saturated heterocycles. The van der Waals surface area contributed by atoms with Crippen LogP contribution in [-0.4, -0.2) is 19.9 Å². The highest BCUT2D eigenvalue weighted by molar-refractivity contribution is 6.07. The summed E-state index contributed by atoms with van der Waals surface area (Å²) >= 11 is 0. The molecule has 8 rings (SSSR count). The third kappa shape index (κ3) is 9.73. The second-order valence-corrected chi connectivity index (χ2v) is 28.6. The van der Waals surface area contributed by atoms with Gasteiger partial charge in [-0.2, -0.15) is 0 Å². The Hall–Kier alpha value is -5.74. The lowest BCUT2D eigenvalue weighted by Crippen LogP contribution is -2.16. The molecule has 2 aliphatic heterocycles. The zero-order valence-electron chi connectivity index (χ0n) is 50.7. The number of aryl methyl sites for hydroxylation is 4. The van der Waals surface area contributed by atoms with Gasteiger partial charge in [-0.05, 0) is 189 Å². The van der Waals surface area contributed by atoms with Crippen LogP contribution < -0.4 is 0 Å². The molecular weight excluding hydrogens is 897 g/mol. The molecule has 5 heterocycles. The van der Waals surface area contributed by atoms with Crippen molar-refractivity contribution in [2.45, 2.75) is 213 Å². The maximum absolute atomic E-state index is 6.07. The maximum atomic E-state index is 6.07. The lowest BCUT2D eigenvalue weighted by molar-refractivity contribution is 0.568. The van der Waals surface area contributed by atoms with E-state index in [2.05, 4.69) is 251 Å². The van der Waals surface area contributed by atoms with E-state index in [9.17, 15) is 0 Å². The molecule has 0 spiro atoms. The summed E-state index contributed by atoms with van der Waals surface area (Å²) in [6.07, 6.45) is 0. The van der Waals surface area contributed by atoms with Gasteiger partial charge in [-0.1, -0.05) is 179 Å². The van der Waals surface area contributed by atoms with E-state index in [0.29, 0.717) is 0 Å². The number of benzene rings is 3. The van der Waals surface area contributed by atoms with Gasteiger partial charge in [0.05, 0.1) is 33.8 Å². The number of H-pyrrole nitrogens is 2. The fourth-order valence-electron chi connectivity index (χ4n) is 10.7. The zero-order chi connectivity index (χ0) is 55.1. The molecule has 4 heteroatoms. The molecular formula is C70H90N4. The molecule has 0 radical (unpaired) electrons.